The van der Waals surface area contributed by atoms with E-state index < -0.39 is 10.0 Å². The molecule has 0 saturated heterocycles. The first-order valence-electron chi connectivity index (χ1n) is 7.96. The van der Waals surface area contributed by atoms with Gasteiger partial charge in [-0.2, -0.15) is 5.10 Å². The molecule has 0 fully saturated rings. The van der Waals surface area contributed by atoms with E-state index in [0.29, 0.717) is 21.9 Å². The molecule has 3 aromatic carbocycles. The summed E-state index contributed by atoms with van der Waals surface area (Å²) >= 11 is 12.3. The molecule has 0 bridgehead atoms. The van der Waals surface area contributed by atoms with Gasteiger partial charge in [0.2, 0.25) is 0 Å². The molecule has 5 nitrogen and oxygen atoms in total. The van der Waals surface area contributed by atoms with Gasteiger partial charge in [-0.25, -0.2) is 8.42 Å². The number of H-pyrrole nitrogens is 1. The number of aromatic nitrogens is 2. The van der Waals surface area contributed by atoms with Crippen molar-refractivity contribution in [2.75, 3.05) is 4.72 Å². The summed E-state index contributed by atoms with van der Waals surface area (Å²) in [6.07, 6.45) is 0. The van der Waals surface area contributed by atoms with Crippen LogP contribution >= 0.6 is 23.2 Å². The summed E-state index contributed by atoms with van der Waals surface area (Å²) in [4.78, 5) is 0.0214. The molecule has 0 aliphatic heterocycles. The molecule has 0 aliphatic rings. The van der Waals surface area contributed by atoms with E-state index in [1.807, 2.05) is 18.2 Å². The Morgan fingerprint density at radius 3 is 2.33 bits per heavy atom. The molecule has 1 heterocycles. The molecule has 0 spiro atoms. The molecule has 0 radical (unpaired) electrons. The Balaban J connectivity index is 1.72. The minimum Gasteiger partial charge on any atom is -0.280 e. The monoisotopic (exact) mass is 417 g/mol. The average molecular weight is 418 g/mol. The van der Waals surface area contributed by atoms with Crippen LogP contribution in [0.1, 0.15) is 0 Å². The van der Waals surface area contributed by atoms with Crippen LogP contribution in [0.2, 0.25) is 10.0 Å². The van der Waals surface area contributed by atoms with Gasteiger partial charge in [0, 0.05) is 10.9 Å². The quantitative estimate of drug-likeness (QED) is 0.470. The van der Waals surface area contributed by atoms with Crippen molar-refractivity contribution >= 4 is 49.8 Å². The van der Waals surface area contributed by atoms with Crippen molar-refractivity contribution in [2.24, 2.45) is 0 Å². The zero-order valence-corrected chi connectivity index (χ0v) is 16.1. The second-order valence-corrected chi connectivity index (χ2v) is 8.31. The Hall–Kier alpha value is -2.54. The third kappa shape index (κ3) is 3.39. The minimum absolute atomic E-state index is 0.0214. The SMILES string of the molecule is O=S(=O)(Nc1ccc2c(-c3ccccc3Cl)n[nH]c2c1)c1ccccc1Cl. The van der Waals surface area contributed by atoms with Gasteiger partial charge < -0.3 is 0 Å². The average Bonchev–Trinajstić information content (AvgIpc) is 3.05. The number of sulfonamides is 1. The summed E-state index contributed by atoms with van der Waals surface area (Å²) in [6.45, 7) is 0. The van der Waals surface area contributed by atoms with Crippen LogP contribution in [0.3, 0.4) is 0 Å². The topological polar surface area (TPSA) is 74.8 Å². The van der Waals surface area contributed by atoms with E-state index >= 15 is 0 Å². The molecule has 27 heavy (non-hydrogen) atoms. The maximum absolute atomic E-state index is 12.6. The van der Waals surface area contributed by atoms with Crippen molar-refractivity contribution in [2.45, 2.75) is 4.90 Å². The normalized spacial score (nSPS) is 11.6. The molecule has 2 N–H and O–H groups in total. The number of hydrogen-bond donors (Lipinski definition) is 2. The summed E-state index contributed by atoms with van der Waals surface area (Å²) in [5.74, 6) is 0. The van der Waals surface area contributed by atoms with Gasteiger partial charge in [0.15, 0.2) is 0 Å². The number of nitrogens with one attached hydrogen (secondary N) is 2. The fraction of sp³-hybridized carbons (Fsp3) is 0. The van der Waals surface area contributed by atoms with E-state index in [-0.39, 0.29) is 9.92 Å². The smallest absolute Gasteiger partial charge is 0.263 e. The lowest BCUT2D eigenvalue weighted by molar-refractivity contribution is 0.601. The predicted octanol–water partition coefficient (Wildman–Crippen LogP) is 5.34. The highest BCUT2D eigenvalue weighted by Gasteiger charge is 2.18. The largest absolute Gasteiger partial charge is 0.280 e. The van der Waals surface area contributed by atoms with Crippen molar-refractivity contribution in [3.8, 4) is 11.3 Å². The summed E-state index contributed by atoms with van der Waals surface area (Å²) in [6, 6.07) is 18.8. The van der Waals surface area contributed by atoms with E-state index in [0.717, 1.165) is 10.9 Å². The van der Waals surface area contributed by atoms with Gasteiger partial charge >= 0.3 is 0 Å². The number of fused-ring (bicyclic) bond motifs is 1. The molecule has 0 aliphatic carbocycles. The van der Waals surface area contributed by atoms with Gasteiger partial charge in [0.1, 0.15) is 10.6 Å². The van der Waals surface area contributed by atoms with Gasteiger partial charge in [0.25, 0.3) is 10.0 Å². The molecule has 136 valence electrons. The van der Waals surface area contributed by atoms with Gasteiger partial charge in [0.05, 0.1) is 21.2 Å². The minimum atomic E-state index is -3.80. The van der Waals surface area contributed by atoms with Crippen LogP contribution in [-0.4, -0.2) is 18.6 Å². The van der Waals surface area contributed by atoms with Crippen LogP contribution in [-0.2, 0) is 10.0 Å². The second-order valence-electron chi connectivity index (χ2n) is 5.85. The van der Waals surface area contributed by atoms with E-state index in [2.05, 4.69) is 14.9 Å². The van der Waals surface area contributed by atoms with Crippen LogP contribution in [0, 0.1) is 0 Å². The lowest BCUT2D eigenvalue weighted by Crippen LogP contribution is -2.13. The molecule has 4 aromatic rings. The zero-order chi connectivity index (χ0) is 19.0. The number of hydrogen-bond acceptors (Lipinski definition) is 3. The molecule has 0 unspecified atom stereocenters. The van der Waals surface area contributed by atoms with Crippen molar-refractivity contribution < 1.29 is 8.42 Å². The highest BCUT2D eigenvalue weighted by atomic mass is 35.5. The van der Waals surface area contributed by atoms with Crippen molar-refractivity contribution in [3.63, 3.8) is 0 Å². The van der Waals surface area contributed by atoms with Crippen LogP contribution in [0.4, 0.5) is 5.69 Å². The predicted molar refractivity (Wildman–Crippen MR) is 109 cm³/mol. The first kappa shape index (κ1) is 17.9. The summed E-state index contributed by atoms with van der Waals surface area (Å²) in [5, 5.41) is 8.84. The molecule has 8 heteroatoms. The Morgan fingerprint density at radius 2 is 1.59 bits per heavy atom. The standard InChI is InChI=1S/C19H13Cl2N3O2S/c20-15-6-2-1-5-13(15)19-14-10-9-12(11-17(14)22-23-19)24-27(25,26)18-8-4-3-7-16(18)21/h1-11,24H,(H,22,23). The number of nitrogens with zero attached hydrogens (tertiary/aromatic N) is 1. The summed E-state index contributed by atoms with van der Waals surface area (Å²) in [5.41, 5.74) is 2.59. The Labute approximate surface area is 166 Å². The first-order chi connectivity index (χ1) is 13.0. The first-order valence-corrected chi connectivity index (χ1v) is 10.2. The zero-order valence-electron chi connectivity index (χ0n) is 13.8. The van der Waals surface area contributed by atoms with E-state index in [1.165, 1.54) is 12.1 Å². The highest BCUT2D eigenvalue weighted by Crippen LogP contribution is 2.33. The lowest BCUT2D eigenvalue weighted by Gasteiger charge is -2.09. The van der Waals surface area contributed by atoms with E-state index in [9.17, 15) is 8.42 Å². The molecule has 0 amide bonds. The molecule has 0 atom stereocenters. The van der Waals surface area contributed by atoms with Gasteiger partial charge in [-0.1, -0.05) is 53.5 Å². The molecular weight excluding hydrogens is 405 g/mol. The third-order valence-electron chi connectivity index (χ3n) is 4.07. The van der Waals surface area contributed by atoms with Gasteiger partial charge in [-0.3, -0.25) is 9.82 Å². The number of aromatic amines is 1. The Kier molecular flexibility index (Phi) is 4.55. The van der Waals surface area contributed by atoms with E-state index in [1.54, 1.807) is 36.4 Å². The Bertz CT molecular complexity index is 1250. The van der Waals surface area contributed by atoms with E-state index in [4.69, 9.17) is 23.2 Å². The maximum Gasteiger partial charge on any atom is 0.263 e. The highest BCUT2D eigenvalue weighted by molar-refractivity contribution is 7.92. The lowest BCUT2D eigenvalue weighted by atomic mass is 10.1. The second kappa shape index (κ2) is 6.88. The van der Waals surface area contributed by atoms with Crippen molar-refractivity contribution in [1.29, 1.82) is 0 Å². The molecular formula is C19H13Cl2N3O2S. The maximum atomic E-state index is 12.6. The van der Waals surface area contributed by atoms with Crippen molar-refractivity contribution in [3.05, 3.63) is 76.8 Å². The number of halogens is 2. The van der Waals surface area contributed by atoms with Crippen LogP contribution in [0.15, 0.2) is 71.6 Å². The van der Waals surface area contributed by atoms with Crippen LogP contribution in [0.25, 0.3) is 22.2 Å². The van der Waals surface area contributed by atoms with Crippen molar-refractivity contribution in [1.82, 2.24) is 10.2 Å². The fourth-order valence-corrected chi connectivity index (χ4v) is 4.61. The summed E-state index contributed by atoms with van der Waals surface area (Å²) < 4.78 is 27.7. The number of benzene rings is 3. The number of rotatable bonds is 4. The van der Waals surface area contributed by atoms with Gasteiger partial charge in [-0.05, 0) is 36.4 Å². The molecule has 0 saturated carbocycles. The molecule has 1 aromatic heterocycles. The van der Waals surface area contributed by atoms with Crippen LogP contribution in [0.5, 0.6) is 0 Å². The third-order valence-corrected chi connectivity index (χ3v) is 6.28. The van der Waals surface area contributed by atoms with Crippen LogP contribution < -0.4 is 4.72 Å². The van der Waals surface area contributed by atoms with Gasteiger partial charge in [-0.15, -0.1) is 0 Å². The summed E-state index contributed by atoms with van der Waals surface area (Å²) in [7, 11) is -3.80. The fourth-order valence-electron chi connectivity index (χ4n) is 2.81. The molecule has 4 rings (SSSR count). The number of anilines is 1. The Morgan fingerprint density at radius 1 is 0.889 bits per heavy atom.